The summed E-state index contributed by atoms with van der Waals surface area (Å²) in [5.41, 5.74) is 2.69. The SMILES string of the molecule is CN=C(NCC1(N(C)C)CCOCC1)N1CCc2cc(OC)c(OC)cc2C1. The van der Waals surface area contributed by atoms with Gasteiger partial charge < -0.3 is 29.3 Å². The van der Waals surface area contributed by atoms with Crippen molar-refractivity contribution in [1.82, 2.24) is 15.1 Å². The number of aliphatic imine (C=N–C) groups is 1. The zero-order valence-corrected chi connectivity index (χ0v) is 17.9. The molecule has 2 aliphatic rings. The minimum atomic E-state index is 0.110. The number of fused-ring (bicyclic) bond motifs is 1. The van der Waals surface area contributed by atoms with E-state index >= 15 is 0 Å². The molecule has 1 aromatic carbocycles. The molecule has 1 saturated heterocycles. The van der Waals surface area contributed by atoms with Crippen LogP contribution in [0.15, 0.2) is 17.1 Å². The first-order chi connectivity index (χ1) is 13.5. The van der Waals surface area contributed by atoms with E-state index < -0.39 is 0 Å². The minimum absolute atomic E-state index is 0.110. The first-order valence-electron chi connectivity index (χ1n) is 9.97. The van der Waals surface area contributed by atoms with Gasteiger partial charge in [0.15, 0.2) is 17.5 Å². The number of ether oxygens (including phenoxy) is 3. The van der Waals surface area contributed by atoms with E-state index in [9.17, 15) is 0 Å². The number of hydrogen-bond donors (Lipinski definition) is 1. The number of likely N-dealkylation sites (N-methyl/N-ethyl adjacent to an activating group) is 1. The molecular weight excluding hydrogens is 356 g/mol. The van der Waals surface area contributed by atoms with Gasteiger partial charge in [0.05, 0.1) is 14.2 Å². The number of rotatable bonds is 5. The van der Waals surface area contributed by atoms with Gasteiger partial charge in [-0.2, -0.15) is 0 Å². The van der Waals surface area contributed by atoms with Crippen molar-refractivity contribution in [2.24, 2.45) is 4.99 Å². The fourth-order valence-corrected chi connectivity index (χ4v) is 4.17. The summed E-state index contributed by atoms with van der Waals surface area (Å²) in [4.78, 5) is 9.21. The zero-order valence-electron chi connectivity index (χ0n) is 17.9. The maximum atomic E-state index is 5.59. The Hall–Kier alpha value is -1.99. The molecule has 1 fully saturated rings. The number of benzene rings is 1. The number of methoxy groups -OCH3 is 2. The van der Waals surface area contributed by atoms with Crippen LogP contribution in [0.4, 0.5) is 0 Å². The summed E-state index contributed by atoms with van der Waals surface area (Å²) in [5, 5.41) is 3.64. The summed E-state index contributed by atoms with van der Waals surface area (Å²) in [7, 11) is 9.54. The predicted octanol–water partition coefficient (Wildman–Crippen LogP) is 1.75. The largest absolute Gasteiger partial charge is 0.493 e. The van der Waals surface area contributed by atoms with Gasteiger partial charge >= 0.3 is 0 Å². The van der Waals surface area contributed by atoms with Crippen LogP contribution in [0.3, 0.4) is 0 Å². The van der Waals surface area contributed by atoms with E-state index in [0.29, 0.717) is 0 Å². The van der Waals surface area contributed by atoms with Gasteiger partial charge in [-0.1, -0.05) is 0 Å². The van der Waals surface area contributed by atoms with Crippen molar-refractivity contribution < 1.29 is 14.2 Å². The Morgan fingerprint density at radius 2 is 1.82 bits per heavy atom. The predicted molar refractivity (Wildman–Crippen MR) is 111 cm³/mol. The Labute approximate surface area is 168 Å². The van der Waals surface area contributed by atoms with Crippen LogP contribution in [0.2, 0.25) is 0 Å². The Kier molecular flexibility index (Phi) is 6.67. The van der Waals surface area contributed by atoms with Gasteiger partial charge in [0.1, 0.15) is 0 Å². The molecule has 0 aromatic heterocycles. The molecule has 1 aromatic rings. The summed E-state index contributed by atoms with van der Waals surface area (Å²) in [6.07, 6.45) is 3.02. The van der Waals surface area contributed by atoms with Gasteiger partial charge in [-0.25, -0.2) is 0 Å². The molecule has 28 heavy (non-hydrogen) atoms. The van der Waals surface area contributed by atoms with Crippen LogP contribution < -0.4 is 14.8 Å². The van der Waals surface area contributed by atoms with E-state index in [1.807, 2.05) is 7.05 Å². The Morgan fingerprint density at radius 3 is 2.39 bits per heavy atom. The van der Waals surface area contributed by atoms with Gasteiger partial charge in [0.2, 0.25) is 0 Å². The number of guanidine groups is 1. The molecule has 156 valence electrons. The molecule has 0 spiro atoms. The quantitative estimate of drug-likeness (QED) is 0.611. The van der Waals surface area contributed by atoms with Crippen LogP contribution in [0.5, 0.6) is 11.5 Å². The highest BCUT2D eigenvalue weighted by atomic mass is 16.5. The number of nitrogens with one attached hydrogen (secondary N) is 1. The van der Waals surface area contributed by atoms with Crippen molar-refractivity contribution >= 4 is 5.96 Å². The van der Waals surface area contributed by atoms with Crippen molar-refractivity contribution in [3.05, 3.63) is 23.3 Å². The number of hydrogen-bond acceptors (Lipinski definition) is 5. The molecule has 3 rings (SSSR count). The van der Waals surface area contributed by atoms with E-state index in [4.69, 9.17) is 14.2 Å². The zero-order chi connectivity index (χ0) is 20.1. The molecule has 7 nitrogen and oxygen atoms in total. The van der Waals surface area contributed by atoms with E-state index in [1.165, 1.54) is 11.1 Å². The highest BCUT2D eigenvalue weighted by molar-refractivity contribution is 5.80. The highest BCUT2D eigenvalue weighted by Crippen LogP contribution is 2.33. The van der Waals surface area contributed by atoms with Crippen molar-refractivity contribution in [3.63, 3.8) is 0 Å². The Morgan fingerprint density at radius 1 is 1.18 bits per heavy atom. The van der Waals surface area contributed by atoms with E-state index in [2.05, 4.69) is 46.3 Å². The van der Waals surface area contributed by atoms with Crippen molar-refractivity contribution in [2.75, 3.05) is 61.7 Å². The third-order valence-corrected chi connectivity index (χ3v) is 6.18. The first-order valence-corrected chi connectivity index (χ1v) is 9.97. The molecule has 7 heteroatoms. The monoisotopic (exact) mass is 390 g/mol. The summed E-state index contributed by atoms with van der Waals surface area (Å²) in [6.45, 7) is 4.24. The van der Waals surface area contributed by atoms with Crippen molar-refractivity contribution in [2.45, 2.75) is 31.3 Å². The second-order valence-corrected chi connectivity index (χ2v) is 7.78. The summed E-state index contributed by atoms with van der Waals surface area (Å²) < 4.78 is 16.5. The van der Waals surface area contributed by atoms with Gasteiger partial charge in [-0.15, -0.1) is 0 Å². The lowest BCUT2D eigenvalue weighted by molar-refractivity contribution is -0.00528. The van der Waals surface area contributed by atoms with Gasteiger partial charge in [0, 0.05) is 45.4 Å². The standard InChI is InChI=1S/C21H34N4O3/c1-22-20(23-15-21(24(2)3)7-10-28-11-8-21)25-9-6-16-12-18(26-4)19(27-5)13-17(16)14-25/h12-13H,6-11,14-15H2,1-5H3,(H,22,23). The molecule has 0 atom stereocenters. The molecule has 2 aliphatic heterocycles. The lowest BCUT2D eigenvalue weighted by Crippen LogP contribution is -2.57. The molecule has 0 aliphatic carbocycles. The van der Waals surface area contributed by atoms with Crippen molar-refractivity contribution in [3.8, 4) is 11.5 Å². The van der Waals surface area contributed by atoms with Crippen LogP contribution in [-0.4, -0.2) is 83.0 Å². The number of nitrogens with zero attached hydrogens (tertiary/aromatic N) is 3. The normalized spacial score (nSPS) is 19.4. The van der Waals surface area contributed by atoms with Crippen LogP contribution in [0, 0.1) is 0 Å². The maximum Gasteiger partial charge on any atom is 0.194 e. The maximum absolute atomic E-state index is 5.59. The first kappa shape index (κ1) is 20.7. The molecule has 0 bridgehead atoms. The molecule has 0 unspecified atom stereocenters. The lowest BCUT2D eigenvalue weighted by atomic mass is 9.88. The smallest absolute Gasteiger partial charge is 0.194 e. The van der Waals surface area contributed by atoms with Crippen LogP contribution in [0.25, 0.3) is 0 Å². The Bertz CT molecular complexity index is 699. The highest BCUT2D eigenvalue weighted by Gasteiger charge is 2.35. The molecule has 2 heterocycles. The van der Waals surface area contributed by atoms with Crippen LogP contribution in [-0.2, 0) is 17.7 Å². The third kappa shape index (κ3) is 4.20. The van der Waals surface area contributed by atoms with E-state index in [0.717, 1.165) is 69.6 Å². The average Bonchev–Trinajstić information content (AvgIpc) is 2.73. The average molecular weight is 391 g/mol. The third-order valence-electron chi connectivity index (χ3n) is 6.18. The Balaban J connectivity index is 1.71. The summed E-state index contributed by atoms with van der Waals surface area (Å²) >= 11 is 0. The van der Waals surface area contributed by atoms with Crippen molar-refractivity contribution in [1.29, 1.82) is 0 Å². The molecule has 0 radical (unpaired) electrons. The van der Waals surface area contributed by atoms with Gasteiger partial charge in [0.25, 0.3) is 0 Å². The molecule has 0 amide bonds. The lowest BCUT2D eigenvalue weighted by Gasteiger charge is -2.44. The summed E-state index contributed by atoms with van der Waals surface area (Å²) in [6, 6.07) is 4.19. The fraction of sp³-hybridized carbons (Fsp3) is 0.667. The van der Waals surface area contributed by atoms with Crippen LogP contribution in [0.1, 0.15) is 24.0 Å². The van der Waals surface area contributed by atoms with Gasteiger partial charge in [-0.3, -0.25) is 4.99 Å². The molecular formula is C21H34N4O3. The van der Waals surface area contributed by atoms with E-state index in [-0.39, 0.29) is 5.54 Å². The fourth-order valence-electron chi connectivity index (χ4n) is 4.17. The van der Waals surface area contributed by atoms with Crippen LogP contribution >= 0.6 is 0 Å². The molecule has 1 N–H and O–H groups in total. The topological polar surface area (TPSA) is 58.6 Å². The second-order valence-electron chi connectivity index (χ2n) is 7.78. The van der Waals surface area contributed by atoms with E-state index in [1.54, 1.807) is 14.2 Å². The summed E-state index contributed by atoms with van der Waals surface area (Å²) in [5.74, 6) is 2.53. The molecule has 0 saturated carbocycles. The second kappa shape index (κ2) is 9.01. The van der Waals surface area contributed by atoms with Gasteiger partial charge in [-0.05, 0) is 56.6 Å². The minimum Gasteiger partial charge on any atom is -0.493 e.